The minimum absolute atomic E-state index is 0.200. The number of nitrogens with one attached hydrogen (secondary N) is 1. The van der Waals surface area contributed by atoms with Crippen LogP contribution in [0, 0.1) is 5.92 Å². The highest BCUT2D eigenvalue weighted by molar-refractivity contribution is 5.78. The molecular formula is C19H38N2O. The minimum Gasteiger partial charge on any atom is -0.288 e. The van der Waals surface area contributed by atoms with Gasteiger partial charge >= 0.3 is 0 Å². The Morgan fingerprint density at radius 3 is 2.50 bits per heavy atom. The number of carbonyl (C=O) groups is 1. The third-order valence-electron chi connectivity index (χ3n) is 5.04. The highest BCUT2D eigenvalue weighted by atomic mass is 16.2. The van der Waals surface area contributed by atoms with E-state index in [0.717, 1.165) is 25.8 Å². The predicted octanol–water partition coefficient (Wildman–Crippen LogP) is 5.06. The molecule has 3 nitrogen and oxygen atoms in total. The lowest BCUT2D eigenvalue weighted by Crippen LogP contribution is -2.47. The first-order chi connectivity index (χ1) is 10.7. The first-order valence-corrected chi connectivity index (χ1v) is 9.80. The summed E-state index contributed by atoms with van der Waals surface area (Å²) in [5.41, 5.74) is 3.24. The zero-order valence-electron chi connectivity index (χ0n) is 15.2. The third-order valence-corrected chi connectivity index (χ3v) is 5.04. The van der Waals surface area contributed by atoms with E-state index in [-0.39, 0.29) is 11.8 Å². The average molecular weight is 311 g/mol. The molecule has 2 unspecified atom stereocenters. The zero-order valence-corrected chi connectivity index (χ0v) is 15.2. The maximum absolute atomic E-state index is 12.4. The van der Waals surface area contributed by atoms with Crippen molar-refractivity contribution in [3.05, 3.63) is 0 Å². The van der Waals surface area contributed by atoms with Crippen LogP contribution in [0.25, 0.3) is 0 Å². The van der Waals surface area contributed by atoms with Crippen LogP contribution < -0.4 is 5.43 Å². The second-order valence-corrected chi connectivity index (χ2v) is 6.92. The van der Waals surface area contributed by atoms with E-state index in [9.17, 15) is 4.79 Å². The van der Waals surface area contributed by atoms with Gasteiger partial charge in [0, 0.05) is 18.5 Å². The molecule has 0 aromatic heterocycles. The molecule has 0 aromatic carbocycles. The number of hydrazine groups is 1. The van der Waals surface area contributed by atoms with E-state index in [2.05, 4.69) is 31.2 Å². The molecule has 130 valence electrons. The Labute approximate surface area is 138 Å². The number of nitrogens with zero attached hydrogens (tertiary/aromatic N) is 1. The molecule has 1 heterocycles. The SMILES string of the molecule is CCCCCCCC1CCCN1NC(=O)C(CC)CCCC. The van der Waals surface area contributed by atoms with Gasteiger partial charge < -0.3 is 0 Å². The summed E-state index contributed by atoms with van der Waals surface area (Å²) in [5, 5.41) is 2.25. The lowest BCUT2D eigenvalue weighted by molar-refractivity contribution is -0.130. The molecule has 1 aliphatic heterocycles. The van der Waals surface area contributed by atoms with E-state index in [1.807, 2.05) is 0 Å². The molecule has 0 bridgehead atoms. The fourth-order valence-corrected chi connectivity index (χ4v) is 3.47. The van der Waals surface area contributed by atoms with Crippen LogP contribution in [-0.4, -0.2) is 23.5 Å². The van der Waals surface area contributed by atoms with E-state index in [1.54, 1.807) is 0 Å². The van der Waals surface area contributed by atoms with Crippen LogP contribution in [0.4, 0.5) is 0 Å². The quantitative estimate of drug-likeness (QED) is 0.511. The topological polar surface area (TPSA) is 32.3 Å². The summed E-state index contributed by atoms with van der Waals surface area (Å²) in [7, 11) is 0. The molecule has 1 N–H and O–H groups in total. The second-order valence-electron chi connectivity index (χ2n) is 6.92. The van der Waals surface area contributed by atoms with Crippen LogP contribution in [0.3, 0.4) is 0 Å². The number of rotatable bonds is 12. The molecular weight excluding hydrogens is 272 g/mol. The van der Waals surface area contributed by atoms with Crippen molar-refractivity contribution in [1.82, 2.24) is 10.4 Å². The van der Waals surface area contributed by atoms with Crippen molar-refractivity contribution >= 4 is 5.91 Å². The Morgan fingerprint density at radius 2 is 1.82 bits per heavy atom. The molecule has 1 aliphatic rings. The molecule has 1 rings (SSSR count). The number of hydrogen-bond acceptors (Lipinski definition) is 2. The first-order valence-electron chi connectivity index (χ1n) is 9.80. The molecule has 1 saturated heterocycles. The molecule has 0 spiro atoms. The standard InChI is InChI=1S/C19H38N2O/c1-4-7-9-10-11-14-18-15-12-16-21(18)20-19(22)17(6-3)13-8-5-2/h17-18H,4-16H2,1-3H3,(H,20,22). The van der Waals surface area contributed by atoms with Gasteiger partial charge in [0.25, 0.3) is 0 Å². The van der Waals surface area contributed by atoms with E-state index in [1.165, 1.54) is 57.8 Å². The molecule has 0 radical (unpaired) electrons. The van der Waals surface area contributed by atoms with Gasteiger partial charge in [0.2, 0.25) is 5.91 Å². The number of hydrogen-bond donors (Lipinski definition) is 1. The molecule has 2 atom stereocenters. The molecule has 22 heavy (non-hydrogen) atoms. The fraction of sp³-hybridized carbons (Fsp3) is 0.947. The Morgan fingerprint density at radius 1 is 1.09 bits per heavy atom. The van der Waals surface area contributed by atoms with Crippen LogP contribution in [0.5, 0.6) is 0 Å². The van der Waals surface area contributed by atoms with Crippen molar-refractivity contribution < 1.29 is 4.79 Å². The summed E-state index contributed by atoms with van der Waals surface area (Å²) in [6.07, 6.45) is 14.7. The highest BCUT2D eigenvalue weighted by Gasteiger charge is 2.27. The number of amides is 1. The molecule has 3 heteroatoms. The van der Waals surface area contributed by atoms with Crippen molar-refractivity contribution in [2.75, 3.05) is 6.54 Å². The van der Waals surface area contributed by atoms with Gasteiger partial charge in [-0.2, -0.15) is 0 Å². The third kappa shape index (κ3) is 7.13. The summed E-state index contributed by atoms with van der Waals surface area (Å²) in [4.78, 5) is 12.4. The number of unbranched alkanes of at least 4 members (excludes halogenated alkanes) is 5. The first kappa shape index (κ1) is 19.5. The van der Waals surface area contributed by atoms with E-state index < -0.39 is 0 Å². The second kappa shape index (κ2) is 11.9. The zero-order chi connectivity index (χ0) is 16.2. The Balaban J connectivity index is 2.31. The van der Waals surface area contributed by atoms with Crippen LogP contribution >= 0.6 is 0 Å². The average Bonchev–Trinajstić information content (AvgIpc) is 2.95. The Kier molecular flexibility index (Phi) is 10.6. The van der Waals surface area contributed by atoms with E-state index in [4.69, 9.17) is 0 Å². The van der Waals surface area contributed by atoms with Gasteiger partial charge in [0.05, 0.1) is 0 Å². The maximum atomic E-state index is 12.4. The Bertz CT molecular complexity index is 293. The van der Waals surface area contributed by atoms with Crippen LogP contribution in [0.15, 0.2) is 0 Å². The van der Waals surface area contributed by atoms with Gasteiger partial charge in [-0.05, 0) is 32.1 Å². The van der Waals surface area contributed by atoms with Gasteiger partial charge in [-0.15, -0.1) is 0 Å². The van der Waals surface area contributed by atoms with Gasteiger partial charge in [-0.25, -0.2) is 5.01 Å². The smallest absolute Gasteiger partial charge is 0.237 e. The summed E-state index contributed by atoms with van der Waals surface area (Å²) in [6.45, 7) is 7.63. The number of carbonyl (C=O) groups excluding carboxylic acids is 1. The summed E-state index contributed by atoms with van der Waals surface area (Å²) < 4.78 is 0. The van der Waals surface area contributed by atoms with Crippen molar-refractivity contribution in [3.63, 3.8) is 0 Å². The normalized spacial score (nSPS) is 20.2. The molecule has 0 aliphatic carbocycles. The van der Waals surface area contributed by atoms with E-state index >= 15 is 0 Å². The fourth-order valence-electron chi connectivity index (χ4n) is 3.47. The summed E-state index contributed by atoms with van der Waals surface area (Å²) in [6, 6.07) is 0.578. The lowest BCUT2D eigenvalue weighted by atomic mass is 9.99. The van der Waals surface area contributed by atoms with Crippen molar-refractivity contribution in [1.29, 1.82) is 0 Å². The highest BCUT2D eigenvalue weighted by Crippen LogP contribution is 2.22. The minimum atomic E-state index is 0.200. The molecule has 1 amide bonds. The molecule has 0 saturated carbocycles. The summed E-state index contributed by atoms with van der Waals surface area (Å²) in [5.74, 6) is 0.458. The van der Waals surface area contributed by atoms with Crippen LogP contribution in [0.2, 0.25) is 0 Å². The van der Waals surface area contributed by atoms with Gasteiger partial charge in [-0.3, -0.25) is 10.2 Å². The Hall–Kier alpha value is -0.570. The maximum Gasteiger partial charge on any atom is 0.237 e. The van der Waals surface area contributed by atoms with Gasteiger partial charge in [0.15, 0.2) is 0 Å². The van der Waals surface area contributed by atoms with Crippen LogP contribution in [0.1, 0.15) is 97.8 Å². The monoisotopic (exact) mass is 310 g/mol. The van der Waals surface area contributed by atoms with Crippen LogP contribution in [-0.2, 0) is 4.79 Å². The van der Waals surface area contributed by atoms with Gasteiger partial charge in [-0.1, -0.05) is 65.7 Å². The molecule has 0 aromatic rings. The van der Waals surface area contributed by atoms with E-state index in [0.29, 0.717) is 6.04 Å². The largest absolute Gasteiger partial charge is 0.288 e. The molecule has 1 fully saturated rings. The predicted molar refractivity (Wildman–Crippen MR) is 94.6 cm³/mol. The van der Waals surface area contributed by atoms with Gasteiger partial charge in [0.1, 0.15) is 0 Å². The van der Waals surface area contributed by atoms with Crippen molar-refractivity contribution in [3.8, 4) is 0 Å². The van der Waals surface area contributed by atoms with Crippen molar-refractivity contribution in [2.24, 2.45) is 5.92 Å². The summed E-state index contributed by atoms with van der Waals surface area (Å²) >= 11 is 0. The lowest BCUT2D eigenvalue weighted by Gasteiger charge is -2.27. The van der Waals surface area contributed by atoms with Crippen molar-refractivity contribution in [2.45, 2.75) is 104 Å².